The van der Waals surface area contributed by atoms with E-state index in [1.54, 1.807) is 0 Å². The topological polar surface area (TPSA) is 12.0 Å². The molecule has 0 amide bonds. The van der Waals surface area contributed by atoms with Crippen LogP contribution in [0.25, 0.3) is 16.7 Å². The average molecular weight is 285 g/mol. The van der Waals surface area contributed by atoms with Crippen LogP contribution < -0.4 is 5.32 Å². The third-order valence-corrected chi connectivity index (χ3v) is 4.81. The highest BCUT2D eigenvalue weighted by Gasteiger charge is 2.35. The van der Waals surface area contributed by atoms with Crippen LogP contribution in [0.15, 0.2) is 67.4 Å². The van der Waals surface area contributed by atoms with Crippen LogP contribution in [-0.4, -0.2) is 0 Å². The predicted molar refractivity (Wildman–Crippen MR) is 94.9 cm³/mol. The minimum atomic E-state index is 0.0336. The van der Waals surface area contributed by atoms with Crippen LogP contribution in [0.5, 0.6) is 0 Å². The second-order valence-corrected chi connectivity index (χ2v) is 6.50. The molecule has 1 aliphatic carbocycles. The number of rotatable bonds is 0. The van der Waals surface area contributed by atoms with Crippen LogP contribution in [0.2, 0.25) is 0 Å². The van der Waals surface area contributed by atoms with Gasteiger partial charge in [0.2, 0.25) is 0 Å². The van der Waals surface area contributed by atoms with Crippen LogP contribution in [0, 0.1) is 0 Å². The summed E-state index contributed by atoms with van der Waals surface area (Å²) in [5.74, 6) is 0. The van der Waals surface area contributed by atoms with Crippen LogP contribution in [-0.2, 0) is 5.41 Å². The van der Waals surface area contributed by atoms with E-state index in [4.69, 9.17) is 0 Å². The van der Waals surface area contributed by atoms with Crippen molar-refractivity contribution in [1.29, 1.82) is 0 Å². The van der Waals surface area contributed by atoms with Crippen molar-refractivity contribution in [2.24, 2.45) is 0 Å². The van der Waals surface area contributed by atoms with E-state index in [-0.39, 0.29) is 5.41 Å². The van der Waals surface area contributed by atoms with Crippen molar-refractivity contribution in [1.82, 2.24) is 0 Å². The molecule has 0 aromatic heterocycles. The Bertz CT molecular complexity index is 850. The minimum absolute atomic E-state index is 0.0336. The van der Waals surface area contributed by atoms with Gasteiger partial charge in [-0.1, -0.05) is 56.8 Å². The molecule has 0 unspecified atom stereocenters. The van der Waals surface area contributed by atoms with Crippen molar-refractivity contribution in [3.8, 4) is 11.1 Å². The first-order chi connectivity index (χ1) is 10.6. The van der Waals surface area contributed by atoms with Gasteiger partial charge < -0.3 is 5.32 Å². The van der Waals surface area contributed by atoms with E-state index in [0.717, 1.165) is 11.3 Å². The number of benzene rings is 2. The van der Waals surface area contributed by atoms with Gasteiger partial charge in [0.05, 0.1) is 0 Å². The smallest absolute Gasteiger partial charge is 0.0462 e. The quantitative estimate of drug-likeness (QED) is 0.673. The average Bonchev–Trinajstić information content (AvgIpc) is 2.73. The van der Waals surface area contributed by atoms with Crippen LogP contribution in [0.3, 0.4) is 0 Å². The highest BCUT2D eigenvalue weighted by atomic mass is 14.8. The predicted octanol–water partition coefficient (Wildman–Crippen LogP) is 5.50. The van der Waals surface area contributed by atoms with Gasteiger partial charge in [0, 0.05) is 22.9 Å². The third kappa shape index (κ3) is 1.72. The molecule has 2 aliphatic rings. The molecule has 4 rings (SSSR count). The molecule has 0 spiro atoms. The highest BCUT2D eigenvalue weighted by Crippen LogP contribution is 2.50. The van der Waals surface area contributed by atoms with E-state index in [0.29, 0.717) is 0 Å². The first-order valence-electron chi connectivity index (χ1n) is 7.66. The van der Waals surface area contributed by atoms with Gasteiger partial charge >= 0.3 is 0 Å². The van der Waals surface area contributed by atoms with Crippen molar-refractivity contribution in [3.05, 3.63) is 84.1 Å². The molecule has 0 saturated heterocycles. The van der Waals surface area contributed by atoms with Crippen molar-refractivity contribution in [3.63, 3.8) is 0 Å². The summed E-state index contributed by atoms with van der Waals surface area (Å²) >= 11 is 0. The Hall–Kier alpha value is -2.54. The number of fused-ring (bicyclic) bond motifs is 4. The van der Waals surface area contributed by atoms with E-state index >= 15 is 0 Å². The molecule has 1 N–H and O–H groups in total. The summed E-state index contributed by atoms with van der Waals surface area (Å²) in [5, 5.41) is 3.40. The first kappa shape index (κ1) is 13.1. The normalized spacial score (nSPS) is 20.0. The molecule has 2 aromatic rings. The lowest BCUT2D eigenvalue weighted by Gasteiger charge is -2.23. The SMILES string of the molecule is C=C1/C=C\C=C/Nc2cc3c(cc21)-c1ccccc1C3(C)C. The zero-order valence-corrected chi connectivity index (χ0v) is 13.0. The van der Waals surface area contributed by atoms with Crippen LogP contribution >= 0.6 is 0 Å². The molecule has 22 heavy (non-hydrogen) atoms. The molecule has 1 nitrogen and oxygen atoms in total. The third-order valence-electron chi connectivity index (χ3n) is 4.81. The zero-order valence-electron chi connectivity index (χ0n) is 13.0. The fraction of sp³-hybridized carbons (Fsp3) is 0.143. The number of nitrogens with one attached hydrogen (secondary N) is 1. The van der Waals surface area contributed by atoms with Gasteiger partial charge in [-0.05, 0) is 46.0 Å². The Kier molecular flexibility index (Phi) is 2.67. The van der Waals surface area contributed by atoms with Gasteiger partial charge in [-0.3, -0.25) is 0 Å². The van der Waals surface area contributed by atoms with Gasteiger partial charge in [-0.2, -0.15) is 0 Å². The molecule has 2 aromatic carbocycles. The summed E-state index contributed by atoms with van der Waals surface area (Å²) in [7, 11) is 0. The monoisotopic (exact) mass is 285 g/mol. The largest absolute Gasteiger partial charge is 0.361 e. The molecule has 1 aliphatic heterocycles. The number of anilines is 1. The molecule has 0 radical (unpaired) electrons. The summed E-state index contributed by atoms with van der Waals surface area (Å²) in [6.45, 7) is 8.82. The van der Waals surface area contributed by atoms with E-state index in [9.17, 15) is 0 Å². The fourth-order valence-corrected chi connectivity index (χ4v) is 3.59. The maximum atomic E-state index is 4.21. The molecular formula is C21H19N. The maximum Gasteiger partial charge on any atom is 0.0462 e. The summed E-state index contributed by atoms with van der Waals surface area (Å²) in [6, 6.07) is 13.3. The van der Waals surface area contributed by atoms with Gasteiger partial charge in [-0.25, -0.2) is 0 Å². The fourth-order valence-electron chi connectivity index (χ4n) is 3.59. The lowest BCUT2D eigenvalue weighted by Crippen LogP contribution is -2.15. The Labute approximate surface area is 131 Å². The van der Waals surface area contributed by atoms with Crippen LogP contribution in [0.4, 0.5) is 5.69 Å². The molecule has 108 valence electrons. The Balaban J connectivity index is 2.02. The standard InChI is InChI=1S/C21H19N/c1-14-8-6-7-11-22-20-13-19-17(12-16(14)20)15-9-4-5-10-18(15)21(19,2)3/h4-13,22H,1H2,2-3H3/b8-6-,11-7-. The highest BCUT2D eigenvalue weighted by molar-refractivity contribution is 5.90. The van der Waals surface area contributed by atoms with E-state index < -0.39 is 0 Å². The summed E-state index contributed by atoms with van der Waals surface area (Å²) < 4.78 is 0. The molecule has 0 bridgehead atoms. The minimum Gasteiger partial charge on any atom is -0.361 e. The maximum absolute atomic E-state index is 4.21. The molecule has 1 heterocycles. The summed E-state index contributed by atoms with van der Waals surface area (Å²) in [6.07, 6.45) is 8.06. The van der Waals surface area contributed by atoms with Gasteiger partial charge in [-0.15, -0.1) is 0 Å². The van der Waals surface area contributed by atoms with Gasteiger partial charge in [0.1, 0.15) is 0 Å². The molecule has 0 fully saturated rings. The first-order valence-corrected chi connectivity index (χ1v) is 7.66. The Morgan fingerprint density at radius 2 is 1.73 bits per heavy atom. The van der Waals surface area contributed by atoms with Crippen molar-refractivity contribution in [2.45, 2.75) is 19.3 Å². The lowest BCUT2D eigenvalue weighted by molar-refractivity contribution is 0.660. The second-order valence-electron chi connectivity index (χ2n) is 6.50. The van der Waals surface area contributed by atoms with Gasteiger partial charge in [0.25, 0.3) is 0 Å². The lowest BCUT2D eigenvalue weighted by atomic mass is 9.82. The van der Waals surface area contributed by atoms with E-state index in [1.807, 2.05) is 18.4 Å². The number of allylic oxidation sites excluding steroid dienone is 4. The summed E-state index contributed by atoms with van der Waals surface area (Å²) in [4.78, 5) is 0. The molecular weight excluding hydrogens is 266 g/mol. The number of hydrogen-bond acceptors (Lipinski definition) is 1. The second kappa shape index (κ2) is 4.48. The van der Waals surface area contributed by atoms with E-state index in [1.165, 1.54) is 27.8 Å². The molecule has 1 heteroatoms. The van der Waals surface area contributed by atoms with Crippen molar-refractivity contribution >= 4 is 11.3 Å². The molecule has 0 atom stereocenters. The molecule has 0 saturated carbocycles. The van der Waals surface area contributed by atoms with Gasteiger partial charge in [0.15, 0.2) is 0 Å². The van der Waals surface area contributed by atoms with Crippen LogP contribution in [0.1, 0.15) is 30.5 Å². The van der Waals surface area contributed by atoms with Crippen molar-refractivity contribution < 1.29 is 0 Å². The summed E-state index contributed by atoms with van der Waals surface area (Å²) in [5.41, 5.74) is 8.84. The zero-order chi connectivity index (χ0) is 15.3. The Morgan fingerprint density at radius 1 is 0.909 bits per heavy atom. The number of hydrogen-bond donors (Lipinski definition) is 1. The Morgan fingerprint density at radius 3 is 2.59 bits per heavy atom. The van der Waals surface area contributed by atoms with E-state index in [2.05, 4.69) is 68.2 Å². The van der Waals surface area contributed by atoms with Crippen molar-refractivity contribution in [2.75, 3.05) is 5.32 Å².